The SMILES string of the molecule is C[C@]1(C(=O)O)CCN(C(=O)c2ccc(-n3ccnn3)cc2)C1. The molecule has 1 aromatic carbocycles. The van der Waals surface area contributed by atoms with Gasteiger partial charge in [-0.05, 0) is 37.6 Å². The summed E-state index contributed by atoms with van der Waals surface area (Å²) in [5, 5.41) is 16.8. The van der Waals surface area contributed by atoms with Crippen LogP contribution < -0.4 is 0 Å². The average molecular weight is 300 g/mol. The molecule has 0 aliphatic carbocycles. The van der Waals surface area contributed by atoms with Gasteiger partial charge in [0.25, 0.3) is 5.91 Å². The zero-order chi connectivity index (χ0) is 15.7. The van der Waals surface area contributed by atoms with E-state index in [1.54, 1.807) is 53.2 Å². The van der Waals surface area contributed by atoms with Crippen molar-refractivity contribution in [3.63, 3.8) is 0 Å². The Morgan fingerprint density at radius 2 is 2.00 bits per heavy atom. The summed E-state index contributed by atoms with van der Waals surface area (Å²) < 4.78 is 1.60. The van der Waals surface area contributed by atoms with Gasteiger partial charge < -0.3 is 10.0 Å². The number of carboxylic acids is 1. The first kappa shape index (κ1) is 14.2. The van der Waals surface area contributed by atoms with Gasteiger partial charge in [0.05, 0.1) is 23.5 Å². The topological polar surface area (TPSA) is 88.3 Å². The molecule has 1 aromatic heterocycles. The third-order valence-corrected chi connectivity index (χ3v) is 4.08. The highest BCUT2D eigenvalue weighted by Crippen LogP contribution is 2.31. The molecular weight excluding hydrogens is 284 g/mol. The maximum atomic E-state index is 12.5. The molecule has 7 heteroatoms. The minimum atomic E-state index is -0.857. The van der Waals surface area contributed by atoms with Crippen LogP contribution in [0.3, 0.4) is 0 Å². The number of hydrogen-bond donors (Lipinski definition) is 1. The monoisotopic (exact) mass is 300 g/mol. The lowest BCUT2D eigenvalue weighted by Crippen LogP contribution is -2.34. The van der Waals surface area contributed by atoms with Crippen molar-refractivity contribution in [3.8, 4) is 5.69 Å². The Morgan fingerprint density at radius 3 is 2.55 bits per heavy atom. The smallest absolute Gasteiger partial charge is 0.311 e. The summed E-state index contributed by atoms with van der Waals surface area (Å²) in [4.78, 5) is 25.3. The fourth-order valence-corrected chi connectivity index (χ4v) is 2.59. The van der Waals surface area contributed by atoms with Gasteiger partial charge in [0.1, 0.15) is 0 Å². The Labute approximate surface area is 127 Å². The van der Waals surface area contributed by atoms with Gasteiger partial charge in [-0.15, -0.1) is 5.10 Å². The lowest BCUT2D eigenvalue weighted by Gasteiger charge is -2.20. The van der Waals surface area contributed by atoms with Crippen molar-refractivity contribution < 1.29 is 14.7 Å². The van der Waals surface area contributed by atoms with Crippen LogP contribution in [0.2, 0.25) is 0 Å². The van der Waals surface area contributed by atoms with E-state index in [9.17, 15) is 14.7 Å². The van der Waals surface area contributed by atoms with Crippen LogP contribution in [0.4, 0.5) is 0 Å². The van der Waals surface area contributed by atoms with E-state index in [0.717, 1.165) is 5.69 Å². The second kappa shape index (κ2) is 5.25. The number of likely N-dealkylation sites (tertiary alicyclic amines) is 1. The van der Waals surface area contributed by atoms with Crippen molar-refractivity contribution in [1.29, 1.82) is 0 Å². The zero-order valence-electron chi connectivity index (χ0n) is 12.1. The molecule has 2 aromatic rings. The van der Waals surface area contributed by atoms with Crippen LogP contribution in [0.1, 0.15) is 23.7 Å². The van der Waals surface area contributed by atoms with Crippen LogP contribution in [0.15, 0.2) is 36.7 Å². The number of hydrogen-bond acceptors (Lipinski definition) is 4. The predicted octanol–water partition coefficient (Wildman–Crippen LogP) is 1.20. The molecule has 2 heterocycles. The van der Waals surface area contributed by atoms with E-state index in [-0.39, 0.29) is 12.5 Å². The second-order valence-electron chi connectivity index (χ2n) is 5.74. The quantitative estimate of drug-likeness (QED) is 0.920. The summed E-state index contributed by atoms with van der Waals surface area (Å²) in [5.41, 5.74) is 0.500. The van der Waals surface area contributed by atoms with Crippen LogP contribution in [0.25, 0.3) is 5.69 Å². The highest BCUT2D eigenvalue weighted by molar-refractivity contribution is 5.95. The summed E-state index contributed by atoms with van der Waals surface area (Å²) in [6.45, 7) is 2.38. The Bertz CT molecular complexity index is 696. The third kappa shape index (κ3) is 2.45. The first-order valence-electron chi connectivity index (χ1n) is 6.99. The molecule has 1 saturated heterocycles. The lowest BCUT2D eigenvalue weighted by molar-refractivity contribution is -0.147. The predicted molar refractivity (Wildman–Crippen MR) is 77.6 cm³/mol. The molecule has 22 heavy (non-hydrogen) atoms. The molecule has 0 radical (unpaired) electrons. The summed E-state index contributed by atoms with van der Waals surface area (Å²) in [7, 11) is 0. The fraction of sp³-hybridized carbons (Fsp3) is 0.333. The van der Waals surface area contributed by atoms with Crippen LogP contribution in [-0.2, 0) is 4.79 Å². The molecule has 1 fully saturated rings. The molecule has 0 bridgehead atoms. The molecule has 0 spiro atoms. The number of benzene rings is 1. The van der Waals surface area contributed by atoms with E-state index in [0.29, 0.717) is 18.5 Å². The zero-order valence-corrected chi connectivity index (χ0v) is 12.1. The summed E-state index contributed by atoms with van der Waals surface area (Å²) in [5.74, 6) is -1.00. The van der Waals surface area contributed by atoms with Gasteiger partial charge in [0.15, 0.2) is 0 Å². The van der Waals surface area contributed by atoms with E-state index < -0.39 is 11.4 Å². The molecule has 114 valence electrons. The molecule has 1 N–H and O–H groups in total. The molecule has 0 unspecified atom stereocenters. The molecule has 3 rings (SSSR count). The van der Waals surface area contributed by atoms with Gasteiger partial charge in [-0.1, -0.05) is 5.21 Å². The van der Waals surface area contributed by atoms with Crippen molar-refractivity contribution in [2.75, 3.05) is 13.1 Å². The number of carbonyl (C=O) groups excluding carboxylic acids is 1. The maximum Gasteiger partial charge on any atom is 0.311 e. The number of amides is 1. The van der Waals surface area contributed by atoms with E-state index in [1.165, 1.54) is 0 Å². The number of carbonyl (C=O) groups is 2. The van der Waals surface area contributed by atoms with E-state index in [4.69, 9.17) is 0 Å². The van der Waals surface area contributed by atoms with E-state index in [1.807, 2.05) is 0 Å². The Kier molecular flexibility index (Phi) is 3.40. The highest BCUT2D eigenvalue weighted by Gasteiger charge is 2.42. The van der Waals surface area contributed by atoms with Gasteiger partial charge in [-0.3, -0.25) is 9.59 Å². The number of nitrogens with zero attached hydrogens (tertiary/aromatic N) is 4. The molecule has 1 amide bonds. The first-order valence-corrected chi connectivity index (χ1v) is 6.99. The van der Waals surface area contributed by atoms with Gasteiger partial charge in [-0.2, -0.15) is 0 Å². The minimum absolute atomic E-state index is 0.143. The van der Waals surface area contributed by atoms with Crippen LogP contribution >= 0.6 is 0 Å². The number of aromatic nitrogens is 3. The Morgan fingerprint density at radius 1 is 1.27 bits per heavy atom. The van der Waals surface area contributed by atoms with E-state index >= 15 is 0 Å². The molecule has 7 nitrogen and oxygen atoms in total. The summed E-state index contributed by atoms with van der Waals surface area (Å²) in [6.07, 6.45) is 3.77. The molecule has 0 saturated carbocycles. The van der Waals surface area contributed by atoms with E-state index in [2.05, 4.69) is 10.3 Å². The minimum Gasteiger partial charge on any atom is -0.481 e. The van der Waals surface area contributed by atoms with Crippen LogP contribution in [0.5, 0.6) is 0 Å². The Balaban J connectivity index is 1.75. The average Bonchev–Trinajstić information content (AvgIpc) is 3.17. The van der Waals surface area contributed by atoms with Crippen LogP contribution in [-0.4, -0.2) is 50.0 Å². The van der Waals surface area contributed by atoms with Gasteiger partial charge in [-0.25, -0.2) is 4.68 Å². The normalized spacial score (nSPS) is 21.0. The van der Waals surface area contributed by atoms with Crippen molar-refractivity contribution in [2.24, 2.45) is 5.41 Å². The van der Waals surface area contributed by atoms with Crippen molar-refractivity contribution in [2.45, 2.75) is 13.3 Å². The standard InChI is InChI=1S/C15H16N4O3/c1-15(14(21)22)6-8-18(10-15)13(20)11-2-4-12(5-3-11)19-9-7-16-17-19/h2-5,7,9H,6,8,10H2,1H3,(H,21,22)/t15-/m0/s1. The molecule has 1 aliphatic heterocycles. The van der Waals surface area contributed by atoms with Gasteiger partial charge in [0, 0.05) is 18.7 Å². The van der Waals surface area contributed by atoms with Gasteiger partial charge >= 0.3 is 5.97 Å². The highest BCUT2D eigenvalue weighted by atomic mass is 16.4. The molecule has 1 aliphatic rings. The second-order valence-corrected chi connectivity index (χ2v) is 5.74. The molecule has 1 atom stereocenters. The van der Waals surface area contributed by atoms with Crippen molar-refractivity contribution in [3.05, 3.63) is 42.2 Å². The number of rotatable bonds is 3. The number of aliphatic carboxylic acids is 1. The largest absolute Gasteiger partial charge is 0.481 e. The lowest BCUT2D eigenvalue weighted by atomic mass is 9.90. The van der Waals surface area contributed by atoms with Crippen LogP contribution in [0, 0.1) is 5.41 Å². The maximum absolute atomic E-state index is 12.5. The van der Waals surface area contributed by atoms with Crippen molar-refractivity contribution >= 4 is 11.9 Å². The third-order valence-electron chi connectivity index (χ3n) is 4.08. The van der Waals surface area contributed by atoms with Gasteiger partial charge in [0.2, 0.25) is 0 Å². The molecular formula is C15H16N4O3. The van der Waals surface area contributed by atoms with Crippen molar-refractivity contribution in [1.82, 2.24) is 19.9 Å². The fourth-order valence-electron chi connectivity index (χ4n) is 2.59. The Hall–Kier alpha value is -2.70. The number of carboxylic acid groups (broad SMARTS) is 1. The summed E-state index contributed by atoms with van der Waals surface area (Å²) in [6, 6.07) is 7.01. The first-order chi connectivity index (χ1) is 10.5. The summed E-state index contributed by atoms with van der Waals surface area (Å²) >= 11 is 0.